The molecular weight excluding hydrogens is 331 g/mol. The van der Waals surface area contributed by atoms with Crippen molar-refractivity contribution in [3.8, 4) is 0 Å². The summed E-state index contributed by atoms with van der Waals surface area (Å²) in [6.07, 6.45) is 5.63. The van der Waals surface area contributed by atoms with Gasteiger partial charge in [0, 0.05) is 5.69 Å². The van der Waals surface area contributed by atoms with Crippen LogP contribution >= 0.6 is 0 Å². The van der Waals surface area contributed by atoms with Gasteiger partial charge >= 0.3 is 18.9 Å². The summed E-state index contributed by atoms with van der Waals surface area (Å²) < 4.78 is 4.65. The fourth-order valence-corrected chi connectivity index (χ4v) is 1.97. The maximum absolute atomic E-state index is 11.4. The first-order valence-electron chi connectivity index (χ1n) is 8.89. The number of para-hydroxylation sites is 1. The van der Waals surface area contributed by atoms with E-state index >= 15 is 0 Å². The number of aryl methyl sites for hydroxylation is 3. The molecule has 0 aliphatic carbocycles. The molecule has 0 unspecified atom stereocenters. The normalized spacial score (nSPS) is 8.96. The van der Waals surface area contributed by atoms with Gasteiger partial charge in [-0.15, -0.1) is 17.6 Å². The van der Waals surface area contributed by atoms with Crippen molar-refractivity contribution in [3.05, 3.63) is 74.0 Å². The summed E-state index contributed by atoms with van der Waals surface area (Å²) in [5, 5.41) is 6.42. The van der Waals surface area contributed by atoms with Crippen molar-refractivity contribution in [3.63, 3.8) is 0 Å². The van der Waals surface area contributed by atoms with Crippen molar-refractivity contribution >= 4 is 11.6 Å². The molecule has 27 heavy (non-hydrogen) atoms. The van der Waals surface area contributed by atoms with Crippen molar-refractivity contribution in [2.75, 3.05) is 5.32 Å². The van der Waals surface area contributed by atoms with E-state index < -0.39 is 0 Å². The summed E-state index contributed by atoms with van der Waals surface area (Å²) >= 11 is 0. The van der Waals surface area contributed by atoms with Crippen LogP contribution in [-0.4, -0.2) is 11.1 Å². The minimum atomic E-state index is -0.0232. The Balaban J connectivity index is 0. The van der Waals surface area contributed by atoms with E-state index in [0.717, 1.165) is 41.8 Å². The molecule has 0 fully saturated rings. The van der Waals surface area contributed by atoms with Crippen LogP contribution in [-0.2, 0) is 4.79 Å². The van der Waals surface area contributed by atoms with Crippen LogP contribution in [0.4, 0.5) is 5.69 Å². The van der Waals surface area contributed by atoms with Gasteiger partial charge in [-0.3, -0.25) is 0 Å². The van der Waals surface area contributed by atoms with Crippen LogP contribution in [0.5, 0.6) is 0 Å². The maximum atomic E-state index is 11.4. The molecule has 0 saturated heterocycles. The molecule has 1 aromatic heterocycles. The zero-order valence-electron chi connectivity index (χ0n) is 17.6. The number of nitrogens with one attached hydrogen (secondary N) is 1. The fourth-order valence-electron chi connectivity index (χ4n) is 1.97. The number of benzene rings is 1. The number of nitrogens with zero attached hydrogens (tertiary/aromatic N) is 1. The summed E-state index contributed by atoms with van der Waals surface area (Å²) in [6.45, 7) is 18.6. The molecule has 0 spiro atoms. The van der Waals surface area contributed by atoms with Crippen molar-refractivity contribution in [2.24, 2.45) is 0 Å². The van der Waals surface area contributed by atoms with Crippen LogP contribution in [0.25, 0.3) is 0 Å². The molecule has 1 heterocycles. The summed E-state index contributed by atoms with van der Waals surface area (Å²) in [6, 6.07) is 7.76. The van der Waals surface area contributed by atoms with E-state index in [1.54, 1.807) is 12.5 Å². The molecule has 5 heteroatoms. The number of carbonyl (C=O) groups excluding carboxylic acids is 1. The Morgan fingerprint density at radius 3 is 2.04 bits per heavy atom. The fraction of sp³-hybridized carbons (Fsp3) is 0.364. The van der Waals surface area contributed by atoms with Gasteiger partial charge in [0.25, 0.3) is 0 Å². The molecule has 0 bridgehead atoms. The van der Waals surface area contributed by atoms with Crippen LogP contribution in [0.1, 0.15) is 55.2 Å². The molecule has 0 atom stereocenters. The number of amides is 1. The zero-order valence-corrected chi connectivity index (χ0v) is 17.6. The van der Waals surface area contributed by atoms with Crippen molar-refractivity contribution in [1.29, 1.82) is 0 Å². The van der Waals surface area contributed by atoms with Crippen LogP contribution in [0, 0.1) is 48.0 Å². The topological polar surface area (TPSA) is 55.1 Å². The Bertz CT molecular complexity index is 600. The number of hydrogen-bond donors (Lipinski definition) is 1. The van der Waals surface area contributed by atoms with Gasteiger partial charge in [0.1, 0.15) is 0 Å². The number of hydrogen-bond acceptors (Lipinski definition) is 3. The van der Waals surface area contributed by atoms with Crippen molar-refractivity contribution in [2.45, 2.75) is 53.4 Å². The number of aromatic nitrogens is 1. The third-order valence-corrected chi connectivity index (χ3v) is 3.30. The smallest absolute Gasteiger partial charge is 0.383 e. The molecule has 0 radical (unpaired) electrons. The van der Waals surface area contributed by atoms with E-state index in [1.807, 2.05) is 45.9 Å². The molecule has 0 aliphatic heterocycles. The predicted octanol–water partition coefficient (Wildman–Crippen LogP) is 2.85. The first-order chi connectivity index (χ1) is 12.3. The average molecular weight is 363 g/mol. The van der Waals surface area contributed by atoms with E-state index in [2.05, 4.69) is 35.8 Å². The minimum Gasteiger partial charge on any atom is -0.383 e. The second-order valence-electron chi connectivity index (χ2n) is 5.86. The SMILES string of the molecule is CC[CH-]C(=O)Nc1c(C)cccc1C.[CH2-]CCC[CH2-].[CH2-]c1cc(C)on1.[Li+]. The zero-order chi connectivity index (χ0) is 19.9. The average Bonchev–Trinajstić information content (AvgIpc) is 2.96. The molecule has 2 aromatic rings. The molecule has 0 saturated carbocycles. The van der Waals surface area contributed by atoms with E-state index in [-0.39, 0.29) is 24.8 Å². The Morgan fingerprint density at radius 2 is 1.74 bits per heavy atom. The van der Waals surface area contributed by atoms with Gasteiger partial charge in [0.15, 0.2) is 0 Å². The summed E-state index contributed by atoms with van der Waals surface area (Å²) in [5.74, 6) is 0.787. The second kappa shape index (κ2) is 16.4. The third-order valence-electron chi connectivity index (χ3n) is 3.30. The molecule has 1 amide bonds. The van der Waals surface area contributed by atoms with Gasteiger partial charge in [0.05, 0.1) is 11.7 Å². The van der Waals surface area contributed by atoms with E-state index in [9.17, 15) is 4.79 Å². The van der Waals surface area contributed by atoms with E-state index in [0.29, 0.717) is 5.69 Å². The Morgan fingerprint density at radius 1 is 1.19 bits per heavy atom. The number of anilines is 1. The van der Waals surface area contributed by atoms with Gasteiger partial charge in [-0.05, 0) is 31.9 Å². The molecule has 0 aliphatic rings. The maximum Gasteiger partial charge on any atom is 1.00 e. The van der Waals surface area contributed by atoms with Crippen LogP contribution in [0.2, 0.25) is 0 Å². The Labute approximate surface area is 177 Å². The first-order valence-corrected chi connectivity index (χ1v) is 8.89. The van der Waals surface area contributed by atoms with Gasteiger partial charge in [-0.1, -0.05) is 30.8 Å². The standard InChI is InChI=1S/C12H16NO.C5H6NO.C5H10.Li/c1-4-6-11(14)13-12-9(2)7-5-8-10(12)3;1-4-3-5(2)7-6-4;1-3-5-4-2;/h5-8H,4H2,1-3H3,(H,13,14);3H,1H2,2H3;1-5H2;/q2*-1;-2;+1. The third kappa shape index (κ3) is 13.1. The van der Waals surface area contributed by atoms with Gasteiger partial charge in [0.2, 0.25) is 0 Å². The minimum absolute atomic E-state index is 0. The van der Waals surface area contributed by atoms with Crippen molar-refractivity contribution < 1.29 is 28.2 Å². The van der Waals surface area contributed by atoms with Gasteiger partial charge < -0.3 is 34.9 Å². The van der Waals surface area contributed by atoms with Crippen LogP contribution in [0.3, 0.4) is 0 Å². The largest absolute Gasteiger partial charge is 1.00 e. The Kier molecular flexibility index (Phi) is 16.7. The quantitative estimate of drug-likeness (QED) is 0.656. The summed E-state index contributed by atoms with van der Waals surface area (Å²) in [5.41, 5.74) is 3.82. The van der Waals surface area contributed by atoms with Crippen LogP contribution < -0.4 is 24.2 Å². The van der Waals surface area contributed by atoms with E-state index in [1.165, 1.54) is 6.42 Å². The van der Waals surface area contributed by atoms with Gasteiger partial charge in [-0.2, -0.15) is 19.3 Å². The van der Waals surface area contributed by atoms with E-state index in [4.69, 9.17) is 0 Å². The number of carbonyl (C=O) groups is 1. The van der Waals surface area contributed by atoms with Crippen LogP contribution in [0.15, 0.2) is 28.8 Å². The molecule has 4 nitrogen and oxygen atoms in total. The molecular formula is C22H32LiN2O2-3. The Hall–Kier alpha value is -1.76. The monoisotopic (exact) mass is 363 g/mol. The van der Waals surface area contributed by atoms with Gasteiger partial charge in [-0.25, -0.2) is 6.92 Å². The summed E-state index contributed by atoms with van der Waals surface area (Å²) in [7, 11) is 0. The molecule has 1 aromatic carbocycles. The number of unbranched alkanes of at least 4 members (excludes halogenated alkanes) is 2. The van der Waals surface area contributed by atoms with Crippen molar-refractivity contribution in [1.82, 2.24) is 5.16 Å². The first kappa shape index (κ1) is 27.5. The summed E-state index contributed by atoms with van der Waals surface area (Å²) in [4.78, 5) is 11.4. The number of rotatable bonds is 5. The predicted molar refractivity (Wildman–Crippen MR) is 109 cm³/mol. The molecule has 2 rings (SSSR count). The molecule has 146 valence electrons. The second-order valence-corrected chi connectivity index (χ2v) is 5.86. The molecule has 1 N–H and O–H groups in total.